The molecule has 6 heteroatoms. The summed E-state index contributed by atoms with van der Waals surface area (Å²) in [6.07, 6.45) is 10.0. The third-order valence-electron chi connectivity index (χ3n) is 5.53. The minimum atomic E-state index is 0.266. The molecule has 0 unspecified atom stereocenters. The summed E-state index contributed by atoms with van der Waals surface area (Å²) >= 11 is 0. The third kappa shape index (κ3) is 4.23. The molecule has 1 aliphatic heterocycles. The van der Waals surface area contributed by atoms with Gasteiger partial charge in [-0.2, -0.15) is 0 Å². The van der Waals surface area contributed by atoms with Crippen molar-refractivity contribution in [2.24, 2.45) is 5.92 Å². The van der Waals surface area contributed by atoms with Gasteiger partial charge in [-0.3, -0.25) is 14.7 Å². The topological polar surface area (TPSA) is 52.6 Å². The fraction of sp³-hybridized carbons (Fsp3) is 0.722. The molecule has 1 aromatic heterocycles. The predicted octanol–water partition coefficient (Wildman–Crippen LogP) is 1.64. The average molecular weight is 331 g/mol. The molecule has 0 N–H and O–H groups in total. The second-order valence-electron chi connectivity index (χ2n) is 7.25. The minimum Gasteiger partial charge on any atom is -0.353 e. The van der Waals surface area contributed by atoms with Gasteiger partial charge in [0, 0.05) is 51.7 Å². The van der Waals surface area contributed by atoms with Gasteiger partial charge in [0.05, 0.1) is 12.7 Å². The first-order valence-corrected chi connectivity index (χ1v) is 9.12. The summed E-state index contributed by atoms with van der Waals surface area (Å²) in [5, 5.41) is 0. The summed E-state index contributed by atoms with van der Waals surface area (Å²) in [4.78, 5) is 27.6. The molecule has 24 heavy (non-hydrogen) atoms. The molecule has 6 nitrogen and oxygen atoms in total. The van der Waals surface area contributed by atoms with Gasteiger partial charge < -0.3 is 9.80 Å². The Morgan fingerprint density at radius 2 is 1.88 bits per heavy atom. The number of likely N-dealkylation sites (N-methyl/N-ethyl adjacent to an activating group) is 1. The number of carbonyl (C=O) groups excluding carboxylic acids is 1. The van der Waals surface area contributed by atoms with Gasteiger partial charge in [-0.15, -0.1) is 0 Å². The Labute approximate surface area is 144 Å². The van der Waals surface area contributed by atoms with Crippen molar-refractivity contribution >= 4 is 11.7 Å². The maximum absolute atomic E-state index is 12.6. The number of hydrogen-bond acceptors (Lipinski definition) is 5. The van der Waals surface area contributed by atoms with Gasteiger partial charge in [0.15, 0.2) is 0 Å². The first kappa shape index (κ1) is 17.1. The number of rotatable bonds is 4. The molecular formula is C18H29N5O. The van der Waals surface area contributed by atoms with Crippen molar-refractivity contribution in [2.45, 2.75) is 38.6 Å². The maximum Gasteiger partial charge on any atom is 0.236 e. The predicted molar refractivity (Wildman–Crippen MR) is 94.9 cm³/mol. The molecule has 2 fully saturated rings. The monoisotopic (exact) mass is 331 g/mol. The first-order valence-electron chi connectivity index (χ1n) is 9.12. The molecular weight excluding hydrogens is 302 g/mol. The SMILES string of the molecule is CC1CCC(N(C)C(=O)CN2CCN(c3cnccn3)CC2)CC1. The van der Waals surface area contributed by atoms with Crippen LogP contribution in [0.4, 0.5) is 5.82 Å². The molecule has 2 heterocycles. The van der Waals surface area contributed by atoms with Gasteiger partial charge in [-0.05, 0) is 31.6 Å². The van der Waals surface area contributed by atoms with Crippen LogP contribution in [0.5, 0.6) is 0 Å². The zero-order valence-corrected chi connectivity index (χ0v) is 14.9. The Morgan fingerprint density at radius 3 is 2.50 bits per heavy atom. The van der Waals surface area contributed by atoms with Crippen LogP contribution in [0.2, 0.25) is 0 Å². The van der Waals surface area contributed by atoms with Crippen molar-refractivity contribution in [3.8, 4) is 0 Å². The summed E-state index contributed by atoms with van der Waals surface area (Å²) < 4.78 is 0. The number of carbonyl (C=O) groups is 1. The summed E-state index contributed by atoms with van der Waals surface area (Å²) in [7, 11) is 1.98. The van der Waals surface area contributed by atoms with E-state index in [-0.39, 0.29) is 5.91 Å². The Morgan fingerprint density at radius 1 is 1.17 bits per heavy atom. The van der Waals surface area contributed by atoms with Crippen molar-refractivity contribution in [1.29, 1.82) is 0 Å². The van der Waals surface area contributed by atoms with Crippen molar-refractivity contribution in [1.82, 2.24) is 19.8 Å². The Kier molecular flexibility index (Phi) is 5.66. The van der Waals surface area contributed by atoms with E-state index < -0.39 is 0 Å². The van der Waals surface area contributed by atoms with Crippen molar-refractivity contribution in [3.05, 3.63) is 18.6 Å². The molecule has 0 atom stereocenters. The number of amides is 1. The van der Waals surface area contributed by atoms with Crippen molar-refractivity contribution in [2.75, 3.05) is 44.7 Å². The lowest BCUT2D eigenvalue weighted by atomic mass is 9.87. The molecule has 0 spiro atoms. The van der Waals surface area contributed by atoms with E-state index in [9.17, 15) is 4.79 Å². The van der Waals surface area contributed by atoms with Gasteiger partial charge in [-0.1, -0.05) is 6.92 Å². The fourth-order valence-corrected chi connectivity index (χ4v) is 3.73. The van der Waals surface area contributed by atoms with Gasteiger partial charge in [0.2, 0.25) is 5.91 Å². The lowest BCUT2D eigenvalue weighted by molar-refractivity contribution is -0.134. The van der Waals surface area contributed by atoms with E-state index >= 15 is 0 Å². The third-order valence-corrected chi connectivity index (χ3v) is 5.53. The molecule has 2 aliphatic rings. The van der Waals surface area contributed by atoms with E-state index in [0.29, 0.717) is 12.6 Å². The number of hydrogen-bond donors (Lipinski definition) is 0. The summed E-state index contributed by atoms with van der Waals surface area (Å²) in [5.41, 5.74) is 0. The number of aromatic nitrogens is 2. The normalized spacial score (nSPS) is 25.5. The van der Waals surface area contributed by atoms with Crippen LogP contribution in [-0.4, -0.2) is 71.5 Å². The van der Waals surface area contributed by atoms with Gasteiger partial charge in [0.1, 0.15) is 5.82 Å². The average Bonchev–Trinajstić information content (AvgIpc) is 2.63. The molecule has 1 aliphatic carbocycles. The molecule has 1 amide bonds. The maximum atomic E-state index is 12.6. The molecule has 1 saturated heterocycles. The lowest BCUT2D eigenvalue weighted by Crippen LogP contribution is -2.51. The standard InChI is InChI=1S/C18H29N5O/c1-15-3-5-16(6-4-15)21(2)18(24)14-22-9-11-23(12-10-22)17-13-19-7-8-20-17/h7-8,13,15-16H,3-6,9-12,14H2,1-2H3. The summed E-state index contributed by atoms with van der Waals surface area (Å²) in [6.45, 7) is 6.45. The number of piperazine rings is 1. The smallest absolute Gasteiger partial charge is 0.236 e. The molecule has 0 radical (unpaired) electrons. The van der Waals surface area contributed by atoms with Crippen LogP contribution in [0, 0.1) is 5.92 Å². The number of nitrogens with zero attached hydrogens (tertiary/aromatic N) is 5. The summed E-state index contributed by atoms with van der Waals surface area (Å²) in [6, 6.07) is 0.439. The van der Waals surface area contributed by atoms with Crippen LogP contribution in [-0.2, 0) is 4.79 Å². The highest BCUT2D eigenvalue weighted by Gasteiger charge is 2.27. The fourth-order valence-electron chi connectivity index (χ4n) is 3.73. The van der Waals surface area contributed by atoms with E-state index in [1.807, 2.05) is 11.9 Å². The Hall–Kier alpha value is -1.69. The van der Waals surface area contributed by atoms with Crippen LogP contribution in [0.15, 0.2) is 18.6 Å². The van der Waals surface area contributed by atoms with Gasteiger partial charge in [0.25, 0.3) is 0 Å². The van der Waals surface area contributed by atoms with Crippen LogP contribution in [0.3, 0.4) is 0 Å². The minimum absolute atomic E-state index is 0.266. The van der Waals surface area contributed by atoms with Crippen molar-refractivity contribution < 1.29 is 4.79 Å². The van der Waals surface area contributed by atoms with Crippen LogP contribution < -0.4 is 4.90 Å². The molecule has 3 rings (SSSR count). The van der Waals surface area contributed by atoms with Crippen LogP contribution in [0.25, 0.3) is 0 Å². The molecule has 1 saturated carbocycles. The molecule has 132 valence electrons. The largest absolute Gasteiger partial charge is 0.353 e. The molecule has 1 aromatic rings. The first-order chi connectivity index (χ1) is 11.6. The lowest BCUT2D eigenvalue weighted by Gasteiger charge is -2.37. The van der Waals surface area contributed by atoms with Gasteiger partial charge >= 0.3 is 0 Å². The Bertz CT molecular complexity index is 521. The highest BCUT2D eigenvalue weighted by Crippen LogP contribution is 2.26. The van der Waals surface area contributed by atoms with Crippen LogP contribution >= 0.6 is 0 Å². The second-order valence-corrected chi connectivity index (χ2v) is 7.25. The second kappa shape index (κ2) is 7.92. The quantitative estimate of drug-likeness (QED) is 0.839. The summed E-state index contributed by atoms with van der Waals surface area (Å²) in [5.74, 6) is 2.01. The van der Waals surface area contributed by atoms with E-state index in [4.69, 9.17) is 0 Å². The van der Waals surface area contributed by atoms with E-state index in [2.05, 4.69) is 26.7 Å². The van der Waals surface area contributed by atoms with Crippen LogP contribution in [0.1, 0.15) is 32.6 Å². The zero-order chi connectivity index (χ0) is 16.9. The number of anilines is 1. The van der Waals surface area contributed by atoms with Gasteiger partial charge in [-0.25, -0.2) is 4.98 Å². The van der Waals surface area contributed by atoms with E-state index in [1.54, 1.807) is 18.6 Å². The molecule has 0 aromatic carbocycles. The highest BCUT2D eigenvalue weighted by molar-refractivity contribution is 5.78. The zero-order valence-electron chi connectivity index (χ0n) is 14.9. The molecule has 0 bridgehead atoms. The van der Waals surface area contributed by atoms with E-state index in [0.717, 1.165) is 50.8 Å². The van der Waals surface area contributed by atoms with Crippen molar-refractivity contribution in [3.63, 3.8) is 0 Å². The Balaban J connectivity index is 1.44. The van der Waals surface area contributed by atoms with E-state index in [1.165, 1.54) is 12.8 Å². The highest BCUT2D eigenvalue weighted by atomic mass is 16.2.